The van der Waals surface area contributed by atoms with Gasteiger partial charge in [0.15, 0.2) is 0 Å². The second kappa shape index (κ2) is 4.20. The van der Waals surface area contributed by atoms with Gasteiger partial charge in [0.1, 0.15) is 12.4 Å². The lowest BCUT2D eigenvalue weighted by Crippen LogP contribution is -2.33. The Morgan fingerprint density at radius 2 is 2.00 bits per heavy atom. The van der Waals surface area contributed by atoms with Crippen LogP contribution in [0.4, 0.5) is 10.1 Å². The fraction of sp³-hybridized carbons (Fsp3) is 0.312. The molecule has 1 spiro atoms. The molecule has 1 aliphatic heterocycles. The van der Waals surface area contributed by atoms with Gasteiger partial charge < -0.3 is 10.1 Å². The van der Waals surface area contributed by atoms with E-state index in [1.807, 2.05) is 6.20 Å². The van der Waals surface area contributed by atoms with Gasteiger partial charge in [-0.2, -0.15) is 0 Å². The quantitative estimate of drug-likeness (QED) is 0.910. The lowest BCUT2D eigenvalue weighted by atomic mass is 10.1. The zero-order valence-corrected chi connectivity index (χ0v) is 11.0. The molecular weight excluding hydrogens is 255 g/mol. The van der Waals surface area contributed by atoms with Crippen LogP contribution in [0.2, 0.25) is 0 Å². The number of pyridine rings is 1. The van der Waals surface area contributed by atoms with Crippen LogP contribution in [0, 0.1) is 5.82 Å². The number of fused-ring (bicyclic) bond motifs is 1. The smallest absolute Gasteiger partial charge is 0.237 e. The summed E-state index contributed by atoms with van der Waals surface area (Å²) in [7, 11) is 0. The third kappa shape index (κ3) is 2.11. The third-order valence-corrected chi connectivity index (χ3v) is 3.97. The first-order chi connectivity index (χ1) is 9.72. The van der Waals surface area contributed by atoms with Crippen LogP contribution in [-0.4, -0.2) is 17.1 Å². The number of anilines is 1. The average Bonchev–Trinajstić information content (AvgIpc) is 3.20. The number of ether oxygens (including phenoxy) is 1. The first kappa shape index (κ1) is 11.7. The molecule has 2 aliphatic rings. The Labute approximate surface area is 116 Å². The van der Waals surface area contributed by atoms with Gasteiger partial charge >= 0.3 is 0 Å². The first-order valence-electron chi connectivity index (χ1n) is 6.87. The number of benzene rings is 1. The predicted octanol–water partition coefficient (Wildman–Crippen LogP) is 3.15. The molecule has 3 nitrogen and oxygen atoms in total. The highest BCUT2D eigenvalue weighted by Crippen LogP contribution is 2.44. The molecule has 1 saturated carbocycles. The maximum absolute atomic E-state index is 12.9. The van der Waals surface area contributed by atoms with E-state index in [2.05, 4.69) is 16.4 Å². The van der Waals surface area contributed by atoms with Crippen molar-refractivity contribution in [2.45, 2.75) is 24.8 Å². The van der Waals surface area contributed by atoms with E-state index in [1.54, 1.807) is 12.1 Å². The van der Waals surface area contributed by atoms with Crippen molar-refractivity contribution < 1.29 is 9.13 Å². The van der Waals surface area contributed by atoms with Crippen molar-refractivity contribution >= 4 is 5.69 Å². The van der Waals surface area contributed by atoms with Gasteiger partial charge in [0, 0.05) is 6.20 Å². The molecule has 1 N–H and O–H groups in total. The van der Waals surface area contributed by atoms with Crippen LogP contribution in [0.1, 0.15) is 24.0 Å². The van der Waals surface area contributed by atoms with Gasteiger partial charge in [-0.05, 0) is 48.6 Å². The normalized spacial score (nSPS) is 18.1. The minimum atomic E-state index is -0.206. The van der Waals surface area contributed by atoms with Crippen molar-refractivity contribution in [3.63, 3.8) is 0 Å². The van der Waals surface area contributed by atoms with Gasteiger partial charge in [-0.1, -0.05) is 12.1 Å². The summed E-state index contributed by atoms with van der Waals surface area (Å²) < 4.78 is 18.6. The minimum Gasteiger partial charge on any atom is -0.474 e. The van der Waals surface area contributed by atoms with E-state index in [4.69, 9.17) is 4.74 Å². The predicted molar refractivity (Wildman–Crippen MR) is 74.5 cm³/mol. The summed E-state index contributed by atoms with van der Waals surface area (Å²) in [5, 5.41) is 3.54. The molecule has 1 aromatic heterocycles. The minimum absolute atomic E-state index is 0.156. The number of halogens is 1. The van der Waals surface area contributed by atoms with Crippen LogP contribution in [0.3, 0.4) is 0 Å². The van der Waals surface area contributed by atoms with E-state index in [1.165, 1.54) is 12.1 Å². The summed E-state index contributed by atoms with van der Waals surface area (Å²) in [6.07, 6.45) is 4.90. The highest BCUT2D eigenvalue weighted by Gasteiger charge is 2.46. The maximum Gasteiger partial charge on any atom is 0.237 e. The van der Waals surface area contributed by atoms with Gasteiger partial charge in [0.2, 0.25) is 5.88 Å². The van der Waals surface area contributed by atoms with Gasteiger partial charge in [-0.15, -0.1) is 0 Å². The Hall–Kier alpha value is -2.10. The standard InChI is InChI=1S/C16H15FN2O/c17-13-3-1-11(2-4-13)7-12-8-14-15(18-9-12)20-10-16(19-14)5-6-16/h1-4,8-9,19H,5-7,10H2. The molecule has 1 aliphatic carbocycles. The van der Waals surface area contributed by atoms with Crippen LogP contribution >= 0.6 is 0 Å². The molecule has 0 atom stereocenters. The fourth-order valence-corrected chi connectivity index (χ4v) is 2.58. The van der Waals surface area contributed by atoms with E-state index in [-0.39, 0.29) is 11.4 Å². The van der Waals surface area contributed by atoms with Crippen LogP contribution in [0.25, 0.3) is 0 Å². The molecule has 0 bridgehead atoms. The van der Waals surface area contributed by atoms with Gasteiger partial charge in [0.05, 0.1) is 11.2 Å². The summed E-state index contributed by atoms with van der Waals surface area (Å²) >= 11 is 0. The van der Waals surface area contributed by atoms with Crippen molar-refractivity contribution in [2.75, 3.05) is 11.9 Å². The molecular formula is C16H15FN2O. The zero-order valence-electron chi connectivity index (χ0n) is 11.0. The second-order valence-corrected chi connectivity index (χ2v) is 5.69. The van der Waals surface area contributed by atoms with Crippen LogP contribution in [0.15, 0.2) is 36.5 Å². The van der Waals surface area contributed by atoms with E-state index >= 15 is 0 Å². The summed E-state index contributed by atoms with van der Waals surface area (Å²) in [5.41, 5.74) is 3.31. The highest BCUT2D eigenvalue weighted by atomic mass is 19.1. The molecule has 2 aromatic rings. The fourth-order valence-electron chi connectivity index (χ4n) is 2.58. The molecule has 4 heteroatoms. The van der Waals surface area contributed by atoms with Crippen molar-refractivity contribution in [3.05, 3.63) is 53.5 Å². The summed E-state index contributed by atoms with van der Waals surface area (Å²) in [6, 6.07) is 8.68. The SMILES string of the molecule is Fc1ccc(Cc2cnc3c(c2)NC2(CC2)CO3)cc1. The Balaban J connectivity index is 1.58. The lowest BCUT2D eigenvalue weighted by Gasteiger charge is -2.26. The van der Waals surface area contributed by atoms with Gasteiger partial charge in [0.25, 0.3) is 0 Å². The van der Waals surface area contributed by atoms with E-state index < -0.39 is 0 Å². The summed E-state index contributed by atoms with van der Waals surface area (Å²) in [6.45, 7) is 0.713. The largest absolute Gasteiger partial charge is 0.474 e. The highest BCUT2D eigenvalue weighted by molar-refractivity contribution is 5.59. The second-order valence-electron chi connectivity index (χ2n) is 5.69. The number of nitrogens with zero attached hydrogens (tertiary/aromatic N) is 1. The Bertz CT molecular complexity index is 650. The molecule has 0 unspecified atom stereocenters. The van der Waals surface area contributed by atoms with Crippen LogP contribution < -0.4 is 10.1 Å². The van der Waals surface area contributed by atoms with Crippen molar-refractivity contribution in [3.8, 4) is 5.88 Å². The number of aromatic nitrogens is 1. The topological polar surface area (TPSA) is 34.2 Å². The van der Waals surface area contributed by atoms with Crippen LogP contribution in [0.5, 0.6) is 5.88 Å². The first-order valence-corrected chi connectivity index (χ1v) is 6.87. The summed E-state index contributed by atoms with van der Waals surface area (Å²) in [5.74, 6) is 0.480. The molecule has 0 radical (unpaired) electrons. The van der Waals surface area contributed by atoms with E-state index in [0.717, 1.165) is 36.1 Å². The molecule has 2 heterocycles. The molecule has 0 amide bonds. The Morgan fingerprint density at radius 1 is 1.20 bits per heavy atom. The Kier molecular flexibility index (Phi) is 2.46. The van der Waals surface area contributed by atoms with Gasteiger partial charge in [-0.3, -0.25) is 0 Å². The summed E-state index contributed by atoms with van der Waals surface area (Å²) in [4.78, 5) is 4.37. The average molecular weight is 270 g/mol. The molecule has 102 valence electrons. The zero-order chi connectivity index (χ0) is 13.6. The van der Waals surface area contributed by atoms with E-state index in [0.29, 0.717) is 12.5 Å². The number of hydrogen-bond donors (Lipinski definition) is 1. The number of rotatable bonds is 2. The molecule has 4 rings (SSSR count). The van der Waals surface area contributed by atoms with Crippen molar-refractivity contribution in [2.24, 2.45) is 0 Å². The van der Waals surface area contributed by atoms with Crippen molar-refractivity contribution in [1.82, 2.24) is 4.98 Å². The van der Waals surface area contributed by atoms with E-state index in [9.17, 15) is 4.39 Å². The number of hydrogen-bond acceptors (Lipinski definition) is 3. The lowest BCUT2D eigenvalue weighted by molar-refractivity contribution is 0.265. The third-order valence-electron chi connectivity index (χ3n) is 3.97. The van der Waals surface area contributed by atoms with Crippen LogP contribution in [-0.2, 0) is 6.42 Å². The van der Waals surface area contributed by atoms with Gasteiger partial charge in [-0.25, -0.2) is 9.37 Å². The molecule has 20 heavy (non-hydrogen) atoms. The number of nitrogens with one attached hydrogen (secondary N) is 1. The maximum atomic E-state index is 12.9. The Morgan fingerprint density at radius 3 is 2.75 bits per heavy atom. The molecule has 1 fully saturated rings. The monoisotopic (exact) mass is 270 g/mol. The molecule has 0 saturated heterocycles. The molecule has 1 aromatic carbocycles. The van der Waals surface area contributed by atoms with Crippen molar-refractivity contribution in [1.29, 1.82) is 0 Å².